The van der Waals surface area contributed by atoms with Crippen LogP contribution in [0.3, 0.4) is 0 Å². The third-order valence-corrected chi connectivity index (χ3v) is 7.30. The van der Waals surface area contributed by atoms with E-state index in [4.69, 9.17) is 4.74 Å². The Bertz CT molecular complexity index is 1700. The number of hydrogen-bond acceptors (Lipinski definition) is 1. The van der Waals surface area contributed by atoms with Crippen molar-refractivity contribution in [2.45, 2.75) is 5.60 Å². The maximum atomic E-state index is 7.25. The maximum absolute atomic E-state index is 7.25. The van der Waals surface area contributed by atoms with Crippen molar-refractivity contribution in [2.75, 3.05) is 0 Å². The molecule has 0 saturated heterocycles. The Kier molecular flexibility index (Phi) is 4.75. The van der Waals surface area contributed by atoms with Gasteiger partial charge >= 0.3 is 0 Å². The fourth-order valence-corrected chi connectivity index (χ4v) is 5.65. The summed E-state index contributed by atoms with van der Waals surface area (Å²) < 4.78 is 7.25. The topological polar surface area (TPSA) is 9.23 Å². The molecule has 0 fully saturated rings. The second-order valence-corrected chi connectivity index (χ2v) is 9.30. The smallest absolute Gasteiger partial charge is 0.185 e. The van der Waals surface area contributed by atoms with Gasteiger partial charge in [0.15, 0.2) is 5.60 Å². The molecule has 0 saturated carbocycles. The van der Waals surface area contributed by atoms with Gasteiger partial charge in [-0.05, 0) is 39.3 Å². The molecule has 6 aromatic carbocycles. The van der Waals surface area contributed by atoms with Gasteiger partial charge in [0, 0.05) is 22.3 Å². The number of benzene rings is 6. The first-order valence-electron chi connectivity index (χ1n) is 12.4. The molecule has 0 N–H and O–H groups in total. The molecule has 0 radical (unpaired) electrons. The van der Waals surface area contributed by atoms with Gasteiger partial charge in [-0.2, -0.15) is 0 Å². The van der Waals surface area contributed by atoms with Crippen LogP contribution in [0.4, 0.5) is 0 Å². The predicted molar refractivity (Wildman–Crippen MR) is 150 cm³/mol. The van der Waals surface area contributed by atoms with Crippen LogP contribution in [0.25, 0.3) is 33.2 Å². The van der Waals surface area contributed by atoms with Crippen molar-refractivity contribution in [1.82, 2.24) is 0 Å². The first-order chi connectivity index (χ1) is 17.8. The fourth-order valence-electron chi connectivity index (χ4n) is 5.65. The lowest BCUT2D eigenvalue weighted by Gasteiger charge is -2.41. The van der Waals surface area contributed by atoms with Gasteiger partial charge in [0.2, 0.25) is 0 Å². The minimum absolute atomic E-state index is 0.803. The van der Waals surface area contributed by atoms with E-state index in [2.05, 4.69) is 146 Å². The predicted octanol–water partition coefficient (Wildman–Crippen LogP) is 8.87. The van der Waals surface area contributed by atoms with E-state index in [1.807, 2.05) is 0 Å². The number of ether oxygens (including phenoxy) is 1. The van der Waals surface area contributed by atoms with Crippen molar-refractivity contribution in [2.24, 2.45) is 0 Å². The normalized spacial score (nSPS) is 14.2. The van der Waals surface area contributed by atoms with Gasteiger partial charge in [0.05, 0.1) is 0 Å². The Labute approximate surface area is 210 Å². The van der Waals surface area contributed by atoms with Gasteiger partial charge in [0.1, 0.15) is 5.75 Å². The molecule has 0 unspecified atom stereocenters. The lowest BCUT2D eigenvalue weighted by Crippen LogP contribution is -2.38. The van der Waals surface area contributed by atoms with Crippen LogP contribution < -0.4 is 4.74 Å². The largest absolute Gasteiger partial charge is 0.472 e. The van der Waals surface area contributed by atoms with E-state index in [1.165, 1.54) is 27.1 Å². The fraction of sp³-hybridized carbons (Fsp3) is 0.0286. The van der Waals surface area contributed by atoms with E-state index in [9.17, 15) is 0 Å². The van der Waals surface area contributed by atoms with Crippen LogP contribution in [0, 0.1) is 0 Å². The Morgan fingerprint density at radius 3 is 1.69 bits per heavy atom. The molecular formula is C35H24O. The molecule has 36 heavy (non-hydrogen) atoms. The SMILES string of the molecule is C1=C(c2cccc3ccccc23)C(c2ccccc2)(c2ccccc2)Oc2ccc3ccccc3c21. The molecule has 1 heteroatoms. The summed E-state index contributed by atoms with van der Waals surface area (Å²) in [4.78, 5) is 0. The van der Waals surface area contributed by atoms with E-state index in [-0.39, 0.29) is 0 Å². The van der Waals surface area contributed by atoms with Gasteiger partial charge in [-0.15, -0.1) is 0 Å². The van der Waals surface area contributed by atoms with Crippen LogP contribution in [0.15, 0.2) is 140 Å². The van der Waals surface area contributed by atoms with Crippen molar-refractivity contribution < 1.29 is 4.74 Å². The van der Waals surface area contributed by atoms with Crippen LogP contribution in [-0.4, -0.2) is 0 Å². The summed E-state index contributed by atoms with van der Waals surface area (Å²) in [5, 5.41) is 4.84. The molecule has 1 heterocycles. The van der Waals surface area contributed by atoms with Crippen molar-refractivity contribution in [3.8, 4) is 5.75 Å². The third-order valence-electron chi connectivity index (χ3n) is 7.30. The molecule has 1 aliphatic rings. The summed E-state index contributed by atoms with van der Waals surface area (Å²) in [5.74, 6) is 0.894. The highest BCUT2D eigenvalue weighted by Crippen LogP contribution is 2.52. The van der Waals surface area contributed by atoms with E-state index in [0.717, 1.165) is 28.0 Å². The Hall–Kier alpha value is -4.62. The van der Waals surface area contributed by atoms with Crippen molar-refractivity contribution in [3.63, 3.8) is 0 Å². The summed E-state index contributed by atoms with van der Waals surface area (Å²) in [6, 6.07) is 49.2. The monoisotopic (exact) mass is 460 g/mol. The van der Waals surface area contributed by atoms with Crippen molar-refractivity contribution in [1.29, 1.82) is 0 Å². The molecule has 0 atom stereocenters. The molecule has 0 aromatic heterocycles. The van der Waals surface area contributed by atoms with Gasteiger partial charge in [0.25, 0.3) is 0 Å². The lowest BCUT2D eigenvalue weighted by atomic mass is 9.73. The van der Waals surface area contributed by atoms with E-state index in [0.29, 0.717) is 0 Å². The summed E-state index contributed by atoms with van der Waals surface area (Å²) in [6.45, 7) is 0. The lowest BCUT2D eigenvalue weighted by molar-refractivity contribution is 0.172. The molecule has 7 rings (SSSR count). The average Bonchev–Trinajstić information content (AvgIpc) is 2.97. The van der Waals surface area contributed by atoms with E-state index >= 15 is 0 Å². The molecule has 0 spiro atoms. The van der Waals surface area contributed by atoms with Gasteiger partial charge in [-0.3, -0.25) is 0 Å². The zero-order chi connectivity index (χ0) is 24.0. The maximum Gasteiger partial charge on any atom is 0.185 e. The third kappa shape index (κ3) is 3.10. The van der Waals surface area contributed by atoms with Gasteiger partial charge in [-0.25, -0.2) is 0 Å². The molecule has 170 valence electrons. The summed E-state index contributed by atoms with van der Waals surface area (Å²) >= 11 is 0. The van der Waals surface area contributed by atoms with Gasteiger partial charge < -0.3 is 4.74 Å². The molecule has 1 aliphatic heterocycles. The minimum atomic E-state index is -0.803. The van der Waals surface area contributed by atoms with Crippen LogP contribution >= 0.6 is 0 Å². The molecule has 0 bridgehead atoms. The van der Waals surface area contributed by atoms with Crippen molar-refractivity contribution in [3.05, 3.63) is 162 Å². The zero-order valence-corrected chi connectivity index (χ0v) is 19.8. The summed E-state index contributed by atoms with van der Waals surface area (Å²) in [6.07, 6.45) is 2.36. The summed E-state index contributed by atoms with van der Waals surface area (Å²) in [7, 11) is 0. The number of fused-ring (bicyclic) bond motifs is 4. The Morgan fingerprint density at radius 1 is 0.444 bits per heavy atom. The Balaban J connectivity index is 1.64. The first kappa shape index (κ1) is 20.7. The number of hydrogen-bond donors (Lipinski definition) is 0. The first-order valence-corrected chi connectivity index (χ1v) is 12.4. The average molecular weight is 461 g/mol. The molecular weight excluding hydrogens is 436 g/mol. The molecule has 0 aliphatic carbocycles. The van der Waals surface area contributed by atoms with E-state index in [1.54, 1.807) is 0 Å². The second-order valence-electron chi connectivity index (χ2n) is 9.30. The quantitative estimate of drug-likeness (QED) is 0.256. The molecule has 6 aromatic rings. The standard InChI is InChI=1S/C35H24O/c1-3-15-27(16-4-1)35(28-17-5-2-6-18-28)33(31-21-11-14-25-12-7-9-19-29(25)31)24-32-30-20-10-8-13-26(30)22-23-34(32)36-35/h1-24H. The second kappa shape index (κ2) is 8.25. The highest BCUT2D eigenvalue weighted by atomic mass is 16.5. The van der Waals surface area contributed by atoms with Crippen LogP contribution in [-0.2, 0) is 5.60 Å². The highest BCUT2D eigenvalue weighted by Gasteiger charge is 2.44. The minimum Gasteiger partial charge on any atom is -0.472 e. The van der Waals surface area contributed by atoms with Crippen LogP contribution in [0.1, 0.15) is 22.3 Å². The van der Waals surface area contributed by atoms with E-state index < -0.39 is 5.60 Å². The number of rotatable bonds is 3. The van der Waals surface area contributed by atoms with Gasteiger partial charge in [-0.1, -0.05) is 133 Å². The Morgan fingerprint density at radius 2 is 1.00 bits per heavy atom. The zero-order valence-electron chi connectivity index (χ0n) is 19.8. The van der Waals surface area contributed by atoms with Crippen molar-refractivity contribution >= 4 is 33.2 Å². The molecule has 1 nitrogen and oxygen atoms in total. The summed E-state index contributed by atoms with van der Waals surface area (Å²) in [5.41, 5.74) is 4.85. The van der Waals surface area contributed by atoms with Crippen LogP contribution in [0.2, 0.25) is 0 Å². The molecule has 0 amide bonds. The van der Waals surface area contributed by atoms with Crippen LogP contribution in [0.5, 0.6) is 5.75 Å². The highest BCUT2D eigenvalue weighted by molar-refractivity contribution is 6.06.